The van der Waals surface area contributed by atoms with Crippen molar-refractivity contribution in [2.45, 2.75) is 6.67 Å². The normalized spacial score (nSPS) is 16.6. The Morgan fingerprint density at radius 1 is 0.931 bits per heavy atom. The first-order chi connectivity index (χ1) is 14.0. The van der Waals surface area contributed by atoms with Crippen molar-refractivity contribution in [3.05, 3.63) is 82.2 Å². The lowest BCUT2D eigenvalue weighted by atomic mass is 10.2. The molecule has 0 saturated carbocycles. The van der Waals surface area contributed by atoms with E-state index in [9.17, 15) is 13.2 Å². The van der Waals surface area contributed by atoms with Crippen LogP contribution in [0.3, 0.4) is 0 Å². The van der Waals surface area contributed by atoms with Gasteiger partial charge >= 0.3 is 0 Å². The Hall–Kier alpha value is -2.81. The monoisotopic (exact) mass is 410 g/mol. The molecule has 0 radical (unpaired) electrons. The van der Waals surface area contributed by atoms with Gasteiger partial charge in [0.25, 0.3) is 5.56 Å². The molecule has 2 aromatic carbocycles. The number of para-hydroxylation sites is 1. The summed E-state index contributed by atoms with van der Waals surface area (Å²) in [6.45, 7) is 2.27. The number of piperazine rings is 1. The molecule has 1 saturated heterocycles. The molecule has 0 bridgehead atoms. The standard InChI is InChI=1S/C21H22N4O3S/c26-21-19-8-4-5-9-20(19)22-16-24(21)17-23-11-13-25(14-12-23)29(27,28)15-10-18-6-2-1-3-7-18/h1-10,15-16H,11-14,17H2/b15-10+. The first-order valence-corrected chi connectivity index (χ1v) is 10.9. The molecule has 0 amide bonds. The summed E-state index contributed by atoms with van der Waals surface area (Å²) in [5, 5.41) is 1.85. The van der Waals surface area contributed by atoms with Crippen LogP contribution in [0.1, 0.15) is 5.56 Å². The second kappa shape index (κ2) is 8.28. The smallest absolute Gasteiger partial charge is 0.262 e. The van der Waals surface area contributed by atoms with Crippen LogP contribution in [0.15, 0.2) is 71.1 Å². The van der Waals surface area contributed by atoms with E-state index in [4.69, 9.17) is 0 Å². The van der Waals surface area contributed by atoms with Gasteiger partial charge in [-0.2, -0.15) is 4.31 Å². The highest BCUT2D eigenvalue weighted by Crippen LogP contribution is 2.12. The van der Waals surface area contributed by atoms with E-state index in [1.807, 2.05) is 48.5 Å². The van der Waals surface area contributed by atoms with Gasteiger partial charge in [-0.15, -0.1) is 0 Å². The van der Waals surface area contributed by atoms with Gasteiger partial charge in [0, 0.05) is 31.6 Å². The molecule has 1 aliphatic heterocycles. The molecule has 1 aliphatic rings. The molecule has 4 rings (SSSR count). The summed E-state index contributed by atoms with van der Waals surface area (Å²) in [6, 6.07) is 16.6. The van der Waals surface area contributed by atoms with E-state index in [2.05, 4.69) is 9.88 Å². The molecule has 0 unspecified atom stereocenters. The van der Waals surface area contributed by atoms with E-state index >= 15 is 0 Å². The summed E-state index contributed by atoms with van der Waals surface area (Å²) in [5.41, 5.74) is 1.43. The maximum Gasteiger partial charge on any atom is 0.262 e. The number of rotatable bonds is 5. The molecule has 0 N–H and O–H groups in total. The van der Waals surface area contributed by atoms with Gasteiger partial charge in [-0.05, 0) is 23.8 Å². The molecule has 7 nitrogen and oxygen atoms in total. The van der Waals surface area contributed by atoms with Gasteiger partial charge < -0.3 is 0 Å². The SMILES string of the molecule is O=c1c2ccccc2ncn1CN1CCN(S(=O)(=O)/C=C/c2ccccc2)CC1. The van der Waals surface area contributed by atoms with Gasteiger partial charge in [0.1, 0.15) is 0 Å². The zero-order chi connectivity index (χ0) is 20.3. The summed E-state index contributed by atoms with van der Waals surface area (Å²) in [5.74, 6) is 0. The quantitative estimate of drug-likeness (QED) is 0.643. The number of aromatic nitrogens is 2. The molecular formula is C21H22N4O3S. The minimum Gasteiger partial charge on any atom is -0.285 e. The predicted molar refractivity (Wildman–Crippen MR) is 114 cm³/mol. The zero-order valence-corrected chi connectivity index (χ0v) is 16.7. The van der Waals surface area contributed by atoms with Crippen LogP contribution in [-0.2, 0) is 16.7 Å². The molecule has 2 heterocycles. The molecular weight excluding hydrogens is 388 g/mol. The number of fused-ring (bicyclic) bond motifs is 1. The van der Waals surface area contributed by atoms with E-state index in [0.29, 0.717) is 43.8 Å². The van der Waals surface area contributed by atoms with Crippen LogP contribution in [0.25, 0.3) is 17.0 Å². The first kappa shape index (κ1) is 19.5. The number of hydrogen-bond donors (Lipinski definition) is 0. The van der Waals surface area contributed by atoms with Gasteiger partial charge in [-0.1, -0.05) is 42.5 Å². The van der Waals surface area contributed by atoms with Crippen molar-refractivity contribution in [2.24, 2.45) is 0 Å². The minimum absolute atomic E-state index is 0.0866. The molecule has 0 atom stereocenters. The Morgan fingerprint density at radius 3 is 2.38 bits per heavy atom. The van der Waals surface area contributed by atoms with E-state index in [1.165, 1.54) is 9.71 Å². The van der Waals surface area contributed by atoms with Crippen LogP contribution in [0.2, 0.25) is 0 Å². The van der Waals surface area contributed by atoms with Crippen LogP contribution in [0.5, 0.6) is 0 Å². The summed E-state index contributed by atoms with van der Waals surface area (Å²) in [4.78, 5) is 19.0. The second-order valence-electron chi connectivity index (χ2n) is 6.95. The summed E-state index contributed by atoms with van der Waals surface area (Å²) >= 11 is 0. The number of nitrogens with zero attached hydrogens (tertiary/aromatic N) is 4. The van der Waals surface area contributed by atoms with Crippen molar-refractivity contribution in [1.29, 1.82) is 0 Å². The average molecular weight is 410 g/mol. The Balaban J connectivity index is 1.40. The topological polar surface area (TPSA) is 75.5 Å². The van der Waals surface area contributed by atoms with Crippen molar-refractivity contribution >= 4 is 27.0 Å². The molecule has 8 heteroatoms. The van der Waals surface area contributed by atoms with Crippen LogP contribution < -0.4 is 5.56 Å². The Labute approximate surface area is 169 Å². The fourth-order valence-electron chi connectivity index (χ4n) is 3.36. The molecule has 0 spiro atoms. The van der Waals surface area contributed by atoms with Crippen molar-refractivity contribution in [3.8, 4) is 0 Å². The van der Waals surface area contributed by atoms with Gasteiger partial charge in [0.2, 0.25) is 10.0 Å². The lowest BCUT2D eigenvalue weighted by Crippen LogP contribution is -2.49. The van der Waals surface area contributed by atoms with Gasteiger partial charge in [0.15, 0.2) is 0 Å². The van der Waals surface area contributed by atoms with Gasteiger partial charge in [-0.25, -0.2) is 13.4 Å². The van der Waals surface area contributed by atoms with E-state index in [1.54, 1.807) is 23.0 Å². The summed E-state index contributed by atoms with van der Waals surface area (Å²) in [7, 11) is -3.47. The highest BCUT2D eigenvalue weighted by Gasteiger charge is 2.25. The molecule has 0 aliphatic carbocycles. The Morgan fingerprint density at radius 2 is 1.62 bits per heavy atom. The summed E-state index contributed by atoms with van der Waals surface area (Å²) < 4.78 is 28.2. The first-order valence-electron chi connectivity index (χ1n) is 9.43. The van der Waals surface area contributed by atoms with Gasteiger partial charge in [-0.3, -0.25) is 14.3 Å². The third-order valence-corrected chi connectivity index (χ3v) is 6.57. The third kappa shape index (κ3) is 4.45. The maximum atomic E-state index is 12.6. The van der Waals surface area contributed by atoms with Crippen molar-refractivity contribution < 1.29 is 8.42 Å². The van der Waals surface area contributed by atoms with E-state index in [-0.39, 0.29) is 5.56 Å². The zero-order valence-electron chi connectivity index (χ0n) is 15.9. The Kier molecular flexibility index (Phi) is 5.57. The highest BCUT2D eigenvalue weighted by molar-refractivity contribution is 7.92. The van der Waals surface area contributed by atoms with E-state index < -0.39 is 10.0 Å². The molecule has 1 aromatic heterocycles. The number of benzene rings is 2. The molecule has 150 valence electrons. The molecule has 1 fully saturated rings. The fourth-order valence-corrected chi connectivity index (χ4v) is 4.54. The molecule has 29 heavy (non-hydrogen) atoms. The Bertz CT molecular complexity index is 1180. The van der Waals surface area contributed by atoms with Crippen molar-refractivity contribution in [2.75, 3.05) is 26.2 Å². The second-order valence-corrected chi connectivity index (χ2v) is 8.77. The largest absolute Gasteiger partial charge is 0.285 e. The fraction of sp³-hybridized carbons (Fsp3) is 0.238. The number of sulfonamides is 1. The molecule has 3 aromatic rings. The lowest BCUT2D eigenvalue weighted by Gasteiger charge is -2.33. The van der Waals surface area contributed by atoms with Crippen LogP contribution >= 0.6 is 0 Å². The predicted octanol–water partition coefficient (Wildman–Crippen LogP) is 1.97. The van der Waals surface area contributed by atoms with Crippen molar-refractivity contribution in [1.82, 2.24) is 18.8 Å². The minimum atomic E-state index is -3.47. The third-order valence-electron chi connectivity index (χ3n) is 5.01. The van der Waals surface area contributed by atoms with E-state index in [0.717, 1.165) is 5.56 Å². The van der Waals surface area contributed by atoms with Crippen LogP contribution in [0.4, 0.5) is 0 Å². The van der Waals surface area contributed by atoms with Crippen LogP contribution in [-0.4, -0.2) is 53.4 Å². The lowest BCUT2D eigenvalue weighted by molar-refractivity contribution is 0.151. The summed E-state index contributed by atoms with van der Waals surface area (Å²) in [6.07, 6.45) is 3.17. The number of hydrogen-bond acceptors (Lipinski definition) is 5. The van der Waals surface area contributed by atoms with Crippen molar-refractivity contribution in [3.63, 3.8) is 0 Å². The van der Waals surface area contributed by atoms with Gasteiger partial charge in [0.05, 0.1) is 23.9 Å². The van der Waals surface area contributed by atoms with Crippen LogP contribution in [0, 0.1) is 0 Å². The maximum absolute atomic E-state index is 12.6. The highest BCUT2D eigenvalue weighted by atomic mass is 32.2. The average Bonchev–Trinajstić information content (AvgIpc) is 2.76.